The molecule has 2 heteroatoms. The topological polar surface area (TPSA) is 26.3 Å². The molecule has 0 aromatic heterocycles. The van der Waals surface area contributed by atoms with Crippen LogP contribution in [0.25, 0.3) is 0 Å². The summed E-state index contributed by atoms with van der Waals surface area (Å²) in [7, 11) is 1.67. The standard InChI is InChI=1S/C18H20O2/c1-20-17(13-12-15-8-4-2-5-9-15)14-18(19)16-10-6-3-7-11-16/h2-11,17H,12-14H2,1H3/t17-/m0/s1. The number of rotatable bonds is 7. The third-order valence-corrected chi connectivity index (χ3v) is 3.44. The van der Waals surface area contributed by atoms with Crippen LogP contribution in [-0.4, -0.2) is 19.0 Å². The molecule has 2 aromatic rings. The average molecular weight is 268 g/mol. The zero-order valence-electron chi connectivity index (χ0n) is 11.8. The van der Waals surface area contributed by atoms with Gasteiger partial charge < -0.3 is 4.74 Å². The number of methoxy groups -OCH3 is 1. The second-order valence-corrected chi connectivity index (χ2v) is 4.88. The summed E-state index contributed by atoms with van der Waals surface area (Å²) < 4.78 is 5.44. The lowest BCUT2D eigenvalue weighted by Crippen LogP contribution is -2.17. The highest BCUT2D eigenvalue weighted by Gasteiger charge is 2.14. The van der Waals surface area contributed by atoms with Crippen molar-refractivity contribution in [3.05, 3.63) is 71.8 Å². The lowest BCUT2D eigenvalue weighted by Gasteiger charge is -2.14. The largest absolute Gasteiger partial charge is 0.381 e. The molecular formula is C18H20O2. The SMILES string of the molecule is CO[C@@H](CCc1ccccc1)CC(=O)c1ccccc1. The molecule has 2 rings (SSSR count). The molecule has 0 aliphatic carbocycles. The molecule has 0 amide bonds. The monoisotopic (exact) mass is 268 g/mol. The minimum Gasteiger partial charge on any atom is -0.381 e. The summed E-state index contributed by atoms with van der Waals surface area (Å²) in [4.78, 5) is 12.1. The van der Waals surface area contributed by atoms with Crippen molar-refractivity contribution in [2.45, 2.75) is 25.4 Å². The molecular weight excluding hydrogens is 248 g/mol. The van der Waals surface area contributed by atoms with Crippen molar-refractivity contribution in [1.29, 1.82) is 0 Å². The Balaban J connectivity index is 1.88. The van der Waals surface area contributed by atoms with E-state index in [1.165, 1.54) is 5.56 Å². The van der Waals surface area contributed by atoms with E-state index in [0.29, 0.717) is 6.42 Å². The highest BCUT2D eigenvalue weighted by atomic mass is 16.5. The molecule has 0 saturated heterocycles. The van der Waals surface area contributed by atoms with Gasteiger partial charge in [0.15, 0.2) is 5.78 Å². The quantitative estimate of drug-likeness (QED) is 0.712. The molecule has 0 bridgehead atoms. The Kier molecular flexibility index (Phi) is 5.51. The van der Waals surface area contributed by atoms with Crippen LogP contribution >= 0.6 is 0 Å². The molecule has 0 radical (unpaired) electrons. The maximum absolute atomic E-state index is 12.1. The van der Waals surface area contributed by atoms with Gasteiger partial charge in [0.2, 0.25) is 0 Å². The van der Waals surface area contributed by atoms with Crippen molar-refractivity contribution >= 4 is 5.78 Å². The maximum atomic E-state index is 12.1. The number of carbonyl (C=O) groups excluding carboxylic acids is 1. The highest BCUT2D eigenvalue weighted by Crippen LogP contribution is 2.13. The number of hydrogen-bond donors (Lipinski definition) is 0. The number of aryl methyl sites for hydroxylation is 1. The molecule has 0 unspecified atom stereocenters. The Hall–Kier alpha value is -1.93. The third-order valence-electron chi connectivity index (χ3n) is 3.44. The van der Waals surface area contributed by atoms with E-state index in [2.05, 4.69) is 12.1 Å². The van der Waals surface area contributed by atoms with E-state index in [0.717, 1.165) is 18.4 Å². The van der Waals surface area contributed by atoms with Crippen LogP contribution in [0.1, 0.15) is 28.8 Å². The molecule has 0 N–H and O–H groups in total. The van der Waals surface area contributed by atoms with Gasteiger partial charge in [-0.1, -0.05) is 60.7 Å². The van der Waals surface area contributed by atoms with Gasteiger partial charge in [-0.05, 0) is 18.4 Å². The first-order chi connectivity index (χ1) is 9.79. The van der Waals surface area contributed by atoms with Gasteiger partial charge in [-0.15, -0.1) is 0 Å². The van der Waals surface area contributed by atoms with Crippen LogP contribution in [0, 0.1) is 0 Å². The fourth-order valence-electron chi connectivity index (χ4n) is 2.22. The Bertz CT molecular complexity index is 520. The Morgan fingerprint density at radius 3 is 2.20 bits per heavy atom. The van der Waals surface area contributed by atoms with Crippen LogP contribution in [-0.2, 0) is 11.2 Å². The summed E-state index contributed by atoms with van der Waals surface area (Å²) in [6.45, 7) is 0. The van der Waals surface area contributed by atoms with E-state index in [1.54, 1.807) is 7.11 Å². The lowest BCUT2D eigenvalue weighted by atomic mass is 10.00. The number of carbonyl (C=O) groups is 1. The predicted molar refractivity (Wildman–Crippen MR) is 80.9 cm³/mol. The van der Waals surface area contributed by atoms with Gasteiger partial charge in [-0.25, -0.2) is 0 Å². The second-order valence-electron chi connectivity index (χ2n) is 4.88. The fourth-order valence-corrected chi connectivity index (χ4v) is 2.22. The molecule has 0 spiro atoms. The Morgan fingerprint density at radius 1 is 1.00 bits per heavy atom. The van der Waals surface area contributed by atoms with Crippen molar-refractivity contribution in [2.75, 3.05) is 7.11 Å². The van der Waals surface area contributed by atoms with Gasteiger partial charge in [0.25, 0.3) is 0 Å². The summed E-state index contributed by atoms with van der Waals surface area (Å²) in [5.74, 6) is 0.144. The van der Waals surface area contributed by atoms with Gasteiger partial charge in [0, 0.05) is 19.1 Å². The van der Waals surface area contributed by atoms with Crippen molar-refractivity contribution in [1.82, 2.24) is 0 Å². The normalized spacial score (nSPS) is 12.1. The number of Topliss-reactive ketones (excluding diaryl/α,β-unsaturated/α-hetero) is 1. The molecule has 0 saturated carbocycles. The minimum atomic E-state index is -0.0251. The third kappa shape index (κ3) is 4.32. The predicted octanol–water partition coefficient (Wildman–Crippen LogP) is 3.91. The highest BCUT2D eigenvalue weighted by molar-refractivity contribution is 5.96. The molecule has 2 nitrogen and oxygen atoms in total. The molecule has 20 heavy (non-hydrogen) atoms. The summed E-state index contributed by atoms with van der Waals surface area (Å²) >= 11 is 0. The van der Waals surface area contributed by atoms with Crippen LogP contribution in [0.3, 0.4) is 0 Å². The smallest absolute Gasteiger partial charge is 0.165 e. The Labute approximate surface area is 120 Å². The Morgan fingerprint density at radius 2 is 1.60 bits per heavy atom. The number of ether oxygens (including phenoxy) is 1. The lowest BCUT2D eigenvalue weighted by molar-refractivity contribution is 0.0700. The molecule has 2 aromatic carbocycles. The van der Waals surface area contributed by atoms with E-state index in [-0.39, 0.29) is 11.9 Å². The zero-order valence-corrected chi connectivity index (χ0v) is 11.8. The van der Waals surface area contributed by atoms with E-state index >= 15 is 0 Å². The van der Waals surface area contributed by atoms with Gasteiger partial charge in [-0.3, -0.25) is 4.79 Å². The van der Waals surface area contributed by atoms with Gasteiger partial charge >= 0.3 is 0 Å². The fraction of sp³-hybridized carbons (Fsp3) is 0.278. The van der Waals surface area contributed by atoms with Crippen molar-refractivity contribution < 1.29 is 9.53 Å². The van der Waals surface area contributed by atoms with Crippen molar-refractivity contribution in [2.24, 2.45) is 0 Å². The van der Waals surface area contributed by atoms with E-state index < -0.39 is 0 Å². The minimum absolute atomic E-state index is 0.0251. The summed E-state index contributed by atoms with van der Waals surface area (Å²) in [6, 6.07) is 19.7. The molecule has 1 atom stereocenters. The molecule has 104 valence electrons. The van der Waals surface area contributed by atoms with Gasteiger partial charge in [0.05, 0.1) is 6.10 Å². The second kappa shape index (κ2) is 7.61. The summed E-state index contributed by atoms with van der Waals surface area (Å²) in [5, 5.41) is 0. The van der Waals surface area contributed by atoms with Crippen LogP contribution < -0.4 is 0 Å². The summed E-state index contributed by atoms with van der Waals surface area (Å²) in [5.41, 5.74) is 2.04. The molecule has 0 aliphatic rings. The van der Waals surface area contributed by atoms with Crippen LogP contribution in [0.2, 0.25) is 0 Å². The van der Waals surface area contributed by atoms with Gasteiger partial charge in [0.1, 0.15) is 0 Å². The van der Waals surface area contributed by atoms with E-state index in [4.69, 9.17) is 4.74 Å². The number of hydrogen-bond acceptors (Lipinski definition) is 2. The average Bonchev–Trinajstić information content (AvgIpc) is 2.53. The van der Waals surface area contributed by atoms with Crippen LogP contribution in [0.5, 0.6) is 0 Å². The van der Waals surface area contributed by atoms with Crippen LogP contribution in [0.4, 0.5) is 0 Å². The van der Waals surface area contributed by atoms with E-state index in [1.807, 2.05) is 48.5 Å². The van der Waals surface area contributed by atoms with Crippen molar-refractivity contribution in [3.8, 4) is 0 Å². The first-order valence-corrected chi connectivity index (χ1v) is 6.94. The van der Waals surface area contributed by atoms with E-state index in [9.17, 15) is 4.79 Å². The van der Waals surface area contributed by atoms with Crippen molar-refractivity contribution in [3.63, 3.8) is 0 Å². The molecule has 0 heterocycles. The van der Waals surface area contributed by atoms with Crippen LogP contribution in [0.15, 0.2) is 60.7 Å². The maximum Gasteiger partial charge on any atom is 0.165 e. The number of benzene rings is 2. The molecule has 0 aliphatic heterocycles. The zero-order chi connectivity index (χ0) is 14.2. The molecule has 0 fully saturated rings. The first kappa shape index (κ1) is 14.5. The first-order valence-electron chi connectivity index (χ1n) is 6.94. The van der Waals surface area contributed by atoms with Gasteiger partial charge in [-0.2, -0.15) is 0 Å². The number of ketones is 1. The summed E-state index contributed by atoms with van der Waals surface area (Å²) in [6.07, 6.45) is 2.20.